The van der Waals surface area contributed by atoms with Gasteiger partial charge in [0.25, 0.3) is 11.8 Å². The zero-order valence-electron chi connectivity index (χ0n) is 16.4. The number of H-pyrrole nitrogens is 1. The van der Waals surface area contributed by atoms with Crippen molar-refractivity contribution in [2.45, 2.75) is 6.54 Å². The number of ether oxygens (including phenoxy) is 2. The van der Waals surface area contributed by atoms with E-state index in [9.17, 15) is 18.4 Å². The summed E-state index contributed by atoms with van der Waals surface area (Å²) in [6.45, 7) is 0.199. The quantitative estimate of drug-likeness (QED) is 0.477. The van der Waals surface area contributed by atoms with Crippen LogP contribution < -0.4 is 20.1 Å². The average molecular weight is 451 g/mol. The Labute approximate surface area is 180 Å². The molecule has 0 aliphatic rings. The number of amides is 2. The molecule has 0 saturated carbocycles. The number of halogens is 3. The van der Waals surface area contributed by atoms with Crippen molar-refractivity contribution in [2.24, 2.45) is 0 Å². The SMILES string of the molecule is COc1ccc(CNC(=O)c2cc(NC(=O)c3cc(F)c(F)cc3Cl)n[nH]2)cc1OC. The van der Waals surface area contributed by atoms with Crippen molar-refractivity contribution in [1.82, 2.24) is 15.5 Å². The van der Waals surface area contributed by atoms with E-state index < -0.39 is 23.4 Å². The van der Waals surface area contributed by atoms with Crippen molar-refractivity contribution in [3.8, 4) is 11.5 Å². The van der Waals surface area contributed by atoms with E-state index in [0.29, 0.717) is 23.6 Å². The van der Waals surface area contributed by atoms with Gasteiger partial charge in [0, 0.05) is 12.6 Å². The molecule has 3 N–H and O–H groups in total. The summed E-state index contributed by atoms with van der Waals surface area (Å²) < 4.78 is 36.9. The van der Waals surface area contributed by atoms with Gasteiger partial charge in [-0.25, -0.2) is 8.78 Å². The van der Waals surface area contributed by atoms with Crippen LogP contribution in [-0.2, 0) is 6.54 Å². The molecule has 0 unspecified atom stereocenters. The summed E-state index contributed by atoms with van der Waals surface area (Å²) in [7, 11) is 3.03. The first-order chi connectivity index (χ1) is 14.8. The number of carbonyl (C=O) groups excluding carboxylic acids is 2. The first-order valence-corrected chi connectivity index (χ1v) is 9.20. The second-order valence-corrected chi connectivity index (χ2v) is 6.65. The van der Waals surface area contributed by atoms with Gasteiger partial charge in [-0.15, -0.1) is 0 Å². The van der Waals surface area contributed by atoms with Crippen LogP contribution in [0.2, 0.25) is 5.02 Å². The molecular weight excluding hydrogens is 434 g/mol. The summed E-state index contributed by atoms with van der Waals surface area (Å²) in [4.78, 5) is 24.6. The van der Waals surface area contributed by atoms with Gasteiger partial charge in [0.1, 0.15) is 5.69 Å². The van der Waals surface area contributed by atoms with E-state index in [1.54, 1.807) is 18.2 Å². The summed E-state index contributed by atoms with van der Waals surface area (Å²) in [5.41, 5.74) is 0.571. The fourth-order valence-electron chi connectivity index (χ4n) is 2.65. The van der Waals surface area contributed by atoms with Crippen molar-refractivity contribution >= 4 is 29.2 Å². The Balaban J connectivity index is 1.63. The third kappa shape index (κ3) is 5.10. The summed E-state index contributed by atoms with van der Waals surface area (Å²) >= 11 is 5.78. The van der Waals surface area contributed by atoms with Crippen LogP contribution in [0.5, 0.6) is 11.5 Å². The van der Waals surface area contributed by atoms with Gasteiger partial charge in [0.05, 0.1) is 24.8 Å². The highest BCUT2D eigenvalue weighted by Gasteiger charge is 2.17. The van der Waals surface area contributed by atoms with Gasteiger partial charge < -0.3 is 20.1 Å². The van der Waals surface area contributed by atoms with Crippen LogP contribution >= 0.6 is 11.6 Å². The molecule has 0 bridgehead atoms. The smallest absolute Gasteiger partial charge is 0.269 e. The van der Waals surface area contributed by atoms with E-state index in [1.807, 2.05) is 0 Å². The number of anilines is 1. The minimum Gasteiger partial charge on any atom is -0.493 e. The molecule has 1 heterocycles. The lowest BCUT2D eigenvalue weighted by molar-refractivity contribution is 0.0945. The second kappa shape index (κ2) is 9.43. The van der Waals surface area contributed by atoms with Crippen molar-refractivity contribution < 1.29 is 27.8 Å². The zero-order chi connectivity index (χ0) is 22.5. The molecule has 31 heavy (non-hydrogen) atoms. The Bertz CT molecular complexity index is 1140. The number of hydrogen-bond acceptors (Lipinski definition) is 5. The molecule has 162 valence electrons. The lowest BCUT2D eigenvalue weighted by Crippen LogP contribution is -2.23. The normalized spacial score (nSPS) is 10.5. The summed E-state index contributed by atoms with van der Waals surface area (Å²) in [6, 6.07) is 7.87. The van der Waals surface area contributed by atoms with Crippen LogP contribution in [0.4, 0.5) is 14.6 Å². The lowest BCUT2D eigenvalue weighted by Gasteiger charge is -2.10. The maximum atomic E-state index is 13.4. The van der Waals surface area contributed by atoms with Gasteiger partial charge in [-0.2, -0.15) is 5.10 Å². The standard InChI is InChI=1S/C20H17ClF2N4O4/c1-30-16-4-3-10(5-17(16)31-2)9-24-20(29)15-8-18(27-26-15)25-19(28)11-6-13(22)14(23)7-12(11)21/h3-8H,9H2,1-2H3,(H,24,29)(H2,25,26,27,28). The molecule has 0 aliphatic heterocycles. The molecule has 11 heteroatoms. The Kier molecular flexibility index (Phi) is 6.71. The van der Waals surface area contributed by atoms with Crippen LogP contribution in [0.25, 0.3) is 0 Å². The minimum absolute atomic E-state index is 0.00191. The molecule has 0 saturated heterocycles. The van der Waals surface area contributed by atoms with Gasteiger partial charge in [0.15, 0.2) is 29.0 Å². The molecule has 0 fully saturated rings. The van der Waals surface area contributed by atoms with E-state index in [-0.39, 0.29) is 28.6 Å². The third-order valence-electron chi connectivity index (χ3n) is 4.22. The van der Waals surface area contributed by atoms with Crippen LogP contribution in [0.1, 0.15) is 26.4 Å². The molecule has 8 nitrogen and oxygen atoms in total. The van der Waals surface area contributed by atoms with Gasteiger partial charge in [-0.05, 0) is 29.8 Å². The molecule has 0 radical (unpaired) electrons. The number of aromatic amines is 1. The number of hydrogen-bond donors (Lipinski definition) is 3. The zero-order valence-corrected chi connectivity index (χ0v) is 17.1. The van der Waals surface area contributed by atoms with E-state index >= 15 is 0 Å². The number of nitrogens with one attached hydrogen (secondary N) is 3. The van der Waals surface area contributed by atoms with E-state index in [4.69, 9.17) is 21.1 Å². The van der Waals surface area contributed by atoms with Crippen LogP contribution in [-0.4, -0.2) is 36.2 Å². The Morgan fingerprint density at radius 1 is 1.03 bits per heavy atom. The summed E-state index contributed by atoms with van der Waals surface area (Å²) in [5, 5.41) is 11.1. The van der Waals surface area contributed by atoms with E-state index in [2.05, 4.69) is 20.8 Å². The van der Waals surface area contributed by atoms with Crippen LogP contribution in [0.3, 0.4) is 0 Å². The van der Waals surface area contributed by atoms with Crippen molar-refractivity contribution in [3.05, 3.63) is 69.9 Å². The lowest BCUT2D eigenvalue weighted by atomic mass is 10.2. The topological polar surface area (TPSA) is 105 Å². The summed E-state index contributed by atoms with van der Waals surface area (Å²) in [5.74, 6) is -2.59. The monoisotopic (exact) mass is 450 g/mol. The van der Waals surface area contributed by atoms with Crippen LogP contribution in [0, 0.1) is 11.6 Å². The highest BCUT2D eigenvalue weighted by Crippen LogP contribution is 2.27. The predicted octanol–water partition coefficient (Wildman–Crippen LogP) is 3.54. The maximum Gasteiger partial charge on any atom is 0.269 e. The van der Waals surface area contributed by atoms with Crippen molar-refractivity contribution in [2.75, 3.05) is 19.5 Å². The first kappa shape index (κ1) is 22.0. The predicted molar refractivity (Wildman–Crippen MR) is 109 cm³/mol. The Morgan fingerprint density at radius 3 is 2.45 bits per heavy atom. The Hall–Kier alpha value is -3.66. The fraction of sp³-hybridized carbons (Fsp3) is 0.150. The molecule has 0 spiro atoms. The molecule has 0 aliphatic carbocycles. The first-order valence-electron chi connectivity index (χ1n) is 8.82. The number of benzene rings is 2. The van der Waals surface area contributed by atoms with Gasteiger partial charge in [0.2, 0.25) is 0 Å². The van der Waals surface area contributed by atoms with Gasteiger partial charge in [-0.3, -0.25) is 14.7 Å². The fourth-order valence-corrected chi connectivity index (χ4v) is 2.89. The highest BCUT2D eigenvalue weighted by molar-refractivity contribution is 6.34. The minimum atomic E-state index is -1.22. The molecule has 2 aromatic carbocycles. The second-order valence-electron chi connectivity index (χ2n) is 6.24. The number of methoxy groups -OCH3 is 2. The molecule has 2 amide bonds. The molecule has 3 aromatic rings. The van der Waals surface area contributed by atoms with Gasteiger partial charge >= 0.3 is 0 Å². The van der Waals surface area contributed by atoms with E-state index in [1.165, 1.54) is 20.3 Å². The van der Waals surface area contributed by atoms with Crippen molar-refractivity contribution in [3.63, 3.8) is 0 Å². The third-order valence-corrected chi connectivity index (χ3v) is 4.53. The Morgan fingerprint density at radius 2 is 1.74 bits per heavy atom. The molecule has 1 aromatic heterocycles. The van der Waals surface area contributed by atoms with E-state index in [0.717, 1.165) is 5.56 Å². The average Bonchev–Trinajstić information content (AvgIpc) is 3.22. The summed E-state index contributed by atoms with van der Waals surface area (Å²) in [6.07, 6.45) is 0. The number of nitrogens with zero attached hydrogens (tertiary/aromatic N) is 1. The molecule has 3 rings (SSSR count). The maximum absolute atomic E-state index is 13.4. The number of rotatable bonds is 7. The van der Waals surface area contributed by atoms with Crippen molar-refractivity contribution in [1.29, 1.82) is 0 Å². The molecule has 0 atom stereocenters. The largest absolute Gasteiger partial charge is 0.493 e. The van der Waals surface area contributed by atoms with Gasteiger partial charge in [-0.1, -0.05) is 17.7 Å². The number of aromatic nitrogens is 2. The molecular formula is C20H17ClF2N4O4. The number of carbonyl (C=O) groups is 2. The van der Waals surface area contributed by atoms with Crippen LogP contribution in [0.15, 0.2) is 36.4 Å². The highest BCUT2D eigenvalue weighted by atomic mass is 35.5.